The average Bonchev–Trinajstić information content (AvgIpc) is 3.17. The number of ether oxygens (including phenoxy) is 1. The predicted octanol–water partition coefficient (Wildman–Crippen LogP) is 4.75. The summed E-state index contributed by atoms with van der Waals surface area (Å²) < 4.78 is 6.77. The van der Waals surface area contributed by atoms with Crippen molar-refractivity contribution in [3.05, 3.63) is 47.3 Å². The fourth-order valence-electron chi connectivity index (χ4n) is 4.60. The molecule has 0 aliphatic carbocycles. The summed E-state index contributed by atoms with van der Waals surface area (Å²) in [6.45, 7) is 9.47. The van der Waals surface area contributed by atoms with Gasteiger partial charge in [0, 0.05) is 43.7 Å². The van der Waals surface area contributed by atoms with Crippen LogP contribution in [0.5, 0.6) is 0 Å². The standard InChI is InChI=1S/C24H39ClN4O/c1-5-14-27-18-19-29(28-16-7-6-8-17-28)23(27)24(2,30-20-9-15-26(3)4)21-10-12-22(25)13-11-21/h10-13,18-19,23H,5-9,14-17,20H2,1-4H3. The van der Waals surface area contributed by atoms with E-state index in [0.29, 0.717) is 0 Å². The lowest BCUT2D eigenvalue weighted by atomic mass is 9.91. The molecular weight excluding hydrogens is 396 g/mol. The average molecular weight is 435 g/mol. The molecule has 1 aromatic carbocycles. The first kappa shape index (κ1) is 23.4. The maximum atomic E-state index is 6.77. The van der Waals surface area contributed by atoms with Crippen LogP contribution in [0.25, 0.3) is 0 Å². The Labute approximate surface area is 188 Å². The van der Waals surface area contributed by atoms with E-state index in [2.05, 4.69) is 72.3 Å². The van der Waals surface area contributed by atoms with Crippen molar-refractivity contribution in [3.63, 3.8) is 0 Å². The predicted molar refractivity (Wildman–Crippen MR) is 125 cm³/mol. The molecule has 0 amide bonds. The molecule has 0 bridgehead atoms. The van der Waals surface area contributed by atoms with E-state index < -0.39 is 5.60 Å². The molecule has 0 saturated carbocycles. The maximum Gasteiger partial charge on any atom is 0.149 e. The highest BCUT2D eigenvalue weighted by Gasteiger charge is 2.46. The van der Waals surface area contributed by atoms with E-state index in [0.717, 1.165) is 50.7 Å². The third-order valence-electron chi connectivity index (χ3n) is 6.18. The molecule has 6 heteroatoms. The van der Waals surface area contributed by atoms with Gasteiger partial charge in [-0.3, -0.25) is 5.01 Å². The van der Waals surface area contributed by atoms with Crippen LogP contribution in [0, 0.1) is 0 Å². The second-order valence-corrected chi connectivity index (χ2v) is 9.36. The largest absolute Gasteiger partial charge is 0.366 e. The Balaban J connectivity index is 1.91. The Morgan fingerprint density at radius 3 is 2.43 bits per heavy atom. The molecule has 1 aromatic rings. The molecule has 3 rings (SSSR count). The molecule has 168 valence electrons. The van der Waals surface area contributed by atoms with Crippen molar-refractivity contribution in [2.45, 2.75) is 57.7 Å². The lowest BCUT2D eigenvalue weighted by Gasteiger charge is -2.49. The van der Waals surface area contributed by atoms with Crippen molar-refractivity contribution in [3.8, 4) is 0 Å². The molecular formula is C24H39ClN4O. The van der Waals surface area contributed by atoms with E-state index in [1.54, 1.807) is 0 Å². The van der Waals surface area contributed by atoms with Gasteiger partial charge < -0.3 is 14.5 Å². The zero-order valence-corrected chi connectivity index (χ0v) is 19.9. The van der Waals surface area contributed by atoms with Gasteiger partial charge in [-0.25, -0.2) is 5.01 Å². The number of hydrogen-bond donors (Lipinski definition) is 0. The van der Waals surface area contributed by atoms with Gasteiger partial charge >= 0.3 is 0 Å². The lowest BCUT2D eigenvalue weighted by Crippen LogP contribution is -2.59. The Bertz CT molecular complexity index is 674. The molecule has 30 heavy (non-hydrogen) atoms. The van der Waals surface area contributed by atoms with Crippen LogP contribution in [0.1, 0.15) is 51.5 Å². The molecule has 0 aromatic heterocycles. The fourth-order valence-corrected chi connectivity index (χ4v) is 4.73. The van der Waals surface area contributed by atoms with Gasteiger partial charge in [-0.1, -0.05) is 37.1 Å². The van der Waals surface area contributed by atoms with Crippen LogP contribution >= 0.6 is 11.6 Å². The molecule has 2 aliphatic rings. The number of benzene rings is 1. The Kier molecular flexibility index (Phi) is 8.46. The van der Waals surface area contributed by atoms with Gasteiger partial charge in [0.1, 0.15) is 11.8 Å². The molecule has 2 atom stereocenters. The maximum absolute atomic E-state index is 6.77. The van der Waals surface area contributed by atoms with Gasteiger partial charge in [0.25, 0.3) is 0 Å². The number of piperidine rings is 1. The second kappa shape index (κ2) is 10.9. The van der Waals surface area contributed by atoms with Crippen molar-refractivity contribution in [1.29, 1.82) is 0 Å². The second-order valence-electron chi connectivity index (χ2n) is 8.92. The van der Waals surface area contributed by atoms with Gasteiger partial charge in [0.05, 0.1) is 0 Å². The minimum Gasteiger partial charge on any atom is -0.366 e. The third-order valence-corrected chi connectivity index (χ3v) is 6.43. The minimum atomic E-state index is -0.479. The van der Waals surface area contributed by atoms with Gasteiger partial charge in [0.2, 0.25) is 0 Å². The molecule has 0 N–H and O–H groups in total. The van der Waals surface area contributed by atoms with Crippen molar-refractivity contribution in [2.75, 3.05) is 46.9 Å². The number of rotatable bonds is 10. The van der Waals surface area contributed by atoms with Crippen molar-refractivity contribution < 1.29 is 4.74 Å². The first-order chi connectivity index (χ1) is 14.5. The Morgan fingerprint density at radius 1 is 1.10 bits per heavy atom. The van der Waals surface area contributed by atoms with Crippen LogP contribution in [0.2, 0.25) is 5.02 Å². The van der Waals surface area contributed by atoms with Crippen LogP contribution in [0.3, 0.4) is 0 Å². The van der Waals surface area contributed by atoms with E-state index in [-0.39, 0.29) is 6.17 Å². The van der Waals surface area contributed by atoms with E-state index in [1.807, 2.05) is 12.1 Å². The summed E-state index contributed by atoms with van der Waals surface area (Å²) in [7, 11) is 4.22. The topological polar surface area (TPSA) is 22.2 Å². The molecule has 1 fully saturated rings. The quantitative estimate of drug-likeness (QED) is 0.494. The molecule has 2 unspecified atom stereocenters. The lowest BCUT2D eigenvalue weighted by molar-refractivity contribution is -0.172. The van der Waals surface area contributed by atoms with Crippen molar-refractivity contribution in [1.82, 2.24) is 19.8 Å². The fraction of sp³-hybridized carbons (Fsp3) is 0.667. The zero-order valence-electron chi connectivity index (χ0n) is 19.2. The summed E-state index contributed by atoms with van der Waals surface area (Å²) in [4.78, 5) is 4.67. The summed E-state index contributed by atoms with van der Waals surface area (Å²) in [5.74, 6) is 0. The molecule has 0 spiro atoms. The van der Waals surface area contributed by atoms with Gasteiger partial charge in [-0.15, -0.1) is 0 Å². The van der Waals surface area contributed by atoms with Crippen LogP contribution in [0.15, 0.2) is 36.7 Å². The van der Waals surface area contributed by atoms with Gasteiger partial charge in [-0.05, 0) is 70.9 Å². The third kappa shape index (κ3) is 5.50. The minimum absolute atomic E-state index is 0.0936. The highest BCUT2D eigenvalue weighted by molar-refractivity contribution is 6.30. The smallest absolute Gasteiger partial charge is 0.149 e. The Hall–Kier alpha value is -1.27. The molecule has 2 aliphatic heterocycles. The molecule has 0 radical (unpaired) electrons. The first-order valence-corrected chi connectivity index (χ1v) is 11.9. The van der Waals surface area contributed by atoms with E-state index in [1.165, 1.54) is 24.8 Å². The van der Waals surface area contributed by atoms with Crippen LogP contribution in [-0.2, 0) is 10.3 Å². The zero-order chi connectivity index (χ0) is 21.6. The summed E-state index contributed by atoms with van der Waals surface area (Å²) in [6, 6.07) is 8.22. The number of nitrogens with zero attached hydrogens (tertiary/aromatic N) is 4. The summed E-state index contributed by atoms with van der Waals surface area (Å²) in [6.07, 6.45) is 10.5. The van der Waals surface area contributed by atoms with Gasteiger partial charge in [-0.2, -0.15) is 0 Å². The van der Waals surface area contributed by atoms with E-state index in [4.69, 9.17) is 16.3 Å². The number of halogens is 1. The van der Waals surface area contributed by atoms with Crippen LogP contribution in [-0.4, -0.2) is 72.9 Å². The van der Waals surface area contributed by atoms with Crippen molar-refractivity contribution >= 4 is 11.6 Å². The van der Waals surface area contributed by atoms with Gasteiger partial charge in [0.15, 0.2) is 0 Å². The SMILES string of the molecule is CCCN1C=CN(N2CCCCC2)C1C(C)(OCCCN(C)C)c1ccc(Cl)cc1. The summed E-state index contributed by atoms with van der Waals surface area (Å²) in [5.41, 5.74) is 0.695. The number of hydrazine groups is 1. The summed E-state index contributed by atoms with van der Waals surface area (Å²) in [5, 5.41) is 5.71. The monoisotopic (exact) mass is 434 g/mol. The number of hydrogen-bond acceptors (Lipinski definition) is 5. The summed E-state index contributed by atoms with van der Waals surface area (Å²) >= 11 is 6.22. The highest BCUT2D eigenvalue weighted by atomic mass is 35.5. The van der Waals surface area contributed by atoms with E-state index in [9.17, 15) is 0 Å². The van der Waals surface area contributed by atoms with E-state index >= 15 is 0 Å². The van der Waals surface area contributed by atoms with Crippen LogP contribution < -0.4 is 0 Å². The molecule has 2 heterocycles. The van der Waals surface area contributed by atoms with Crippen LogP contribution in [0.4, 0.5) is 0 Å². The first-order valence-electron chi connectivity index (χ1n) is 11.5. The molecule has 1 saturated heterocycles. The molecule has 5 nitrogen and oxygen atoms in total. The normalized spacial score (nSPS) is 22.1. The highest BCUT2D eigenvalue weighted by Crippen LogP contribution is 2.39. The van der Waals surface area contributed by atoms with Crippen molar-refractivity contribution in [2.24, 2.45) is 0 Å². The Morgan fingerprint density at radius 2 is 1.80 bits per heavy atom.